The lowest BCUT2D eigenvalue weighted by Gasteiger charge is -2.34. The van der Waals surface area contributed by atoms with Crippen molar-refractivity contribution in [2.75, 3.05) is 39.4 Å². The lowest BCUT2D eigenvalue weighted by atomic mass is 10.1. The number of aliphatic imine (C=N–C) groups is 1. The first-order valence-corrected chi connectivity index (χ1v) is 8.57. The number of nitrogens with one attached hydrogen (secondary N) is 1. The highest BCUT2D eigenvalue weighted by molar-refractivity contribution is 5.77. The Morgan fingerprint density at radius 2 is 1.96 bits per heavy atom. The fourth-order valence-electron chi connectivity index (χ4n) is 2.73. The third-order valence-corrected chi connectivity index (χ3v) is 4.13. The van der Waals surface area contributed by atoms with Gasteiger partial charge in [-0.2, -0.15) is 0 Å². The molecule has 23 heavy (non-hydrogen) atoms. The summed E-state index contributed by atoms with van der Waals surface area (Å²) in [7, 11) is 0. The number of nitrogens with two attached hydrogens (primary N) is 1. The van der Waals surface area contributed by atoms with Crippen LogP contribution in [0.5, 0.6) is 0 Å². The fourth-order valence-corrected chi connectivity index (χ4v) is 2.73. The first-order valence-electron chi connectivity index (χ1n) is 8.57. The molecule has 5 heteroatoms. The number of hydrogen-bond donors (Lipinski definition) is 2. The molecule has 2 rings (SSSR count). The Hall–Kier alpha value is -1.59. The van der Waals surface area contributed by atoms with Crippen LogP contribution in [0.4, 0.5) is 0 Å². The Labute approximate surface area is 139 Å². The number of guanidine groups is 1. The number of nitrogens with zero attached hydrogens (tertiary/aromatic N) is 2. The van der Waals surface area contributed by atoms with E-state index >= 15 is 0 Å². The van der Waals surface area contributed by atoms with E-state index in [1.165, 1.54) is 5.56 Å². The molecule has 0 aliphatic carbocycles. The van der Waals surface area contributed by atoms with Crippen LogP contribution < -0.4 is 11.1 Å². The molecule has 3 N–H and O–H groups in total. The minimum atomic E-state index is 0.255. The molecular formula is C18H30N4O. The Kier molecular flexibility index (Phi) is 7.36. The fraction of sp³-hybridized carbons (Fsp3) is 0.611. The van der Waals surface area contributed by atoms with Crippen LogP contribution in [0.15, 0.2) is 35.3 Å². The van der Waals surface area contributed by atoms with E-state index in [-0.39, 0.29) is 6.04 Å². The van der Waals surface area contributed by atoms with Gasteiger partial charge in [-0.15, -0.1) is 0 Å². The van der Waals surface area contributed by atoms with Crippen molar-refractivity contribution in [3.63, 3.8) is 0 Å². The maximum atomic E-state index is 6.01. The zero-order valence-electron chi connectivity index (χ0n) is 14.4. The summed E-state index contributed by atoms with van der Waals surface area (Å²) in [6, 6.07) is 10.8. The molecule has 1 heterocycles. The van der Waals surface area contributed by atoms with Crippen LogP contribution in [-0.4, -0.2) is 50.3 Å². The van der Waals surface area contributed by atoms with Gasteiger partial charge in [0.1, 0.15) is 0 Å². The highest BCUT2D eigenvalue weighted by atomic mass is 16.5. The second-order valence-corrected chi connectivity index (χ2v) is 6.41. The van der Waals surface area contributed by atoms with E-state index in [0.29, 0.717) is 18.4 Å². The summed E-state index contributed by atoms with van der Waals surface area (Å²) < 4.78 is 5.47. The molecule has 0 spiro atoms. The maximum absolute atomic E-state index is 6.01. The molecule has 0 radical (unpaired) electrons. The Morgan fingerprint density at radius 1 is 1.26 bits per heavy atom. The van der Waals surface area contributed by atoms with E-state index in [1.54, 1.807) is 0 Å². The third-order valence-electron chi connectivity index (χ3n) is 4.13. The van der Waals surface area contributed by atoms with Gasteiger partial charge in [0.25, 0.3) is 0 Å². The molecule has 0 amide bonds. The third kappa shape index (κ3) is 6.20. The van der Waals surface area contributed by atoms with Gasteiger partial charge in [0, 0.05) is 19.6 Å². The van der Waals surface area contributed by atoms with Crippen molar-refractivity contribution in [3.05, 3.63) is 35.9 Å². The molecule has 128 valence electrons. The highest BCUT2D eigenvalue weighted by Gasteiger charge is 2.22. The van der Waals surface area contributed by atoms with E-state index in [2.05, 4.69) is 53.3 Å². The summed E-state index contributed by atoms with van der Waals surface area (Å²) in [6.07, 6.45) is 1.10. The monoisotopic (exact) mass is 318 g/mol. The standard InChI is InChI=1S/C18H30N4O/c1-15(2)8-9-20-18(19)21-14-17(16-6-4-3-5-7-16)22-10-12-23-13-11-22/h3-7,15,17H,8-14H2,1-2H3,(H3,19,20,21). The van der Waals surface area contributed by atoms with Gasteiger partial charge in [-0.25, -0.2) is 0 Å². The predicted octanol–water partition coefficient (Wildman–Crippen LogP) is 2.01. The van der Waals surface area contributed by atoms with Crippen molar-refractivity contribution >= 4 is 5.96 Å². The molecule has 1 unspecified atom stereocenters. The molecule has 1 saturated heterocycles. The first kappa shape index (κ1) is 17.8. The quantitative estimate of drug-likeness (QED) is 0.596. The lowest BCUT2D eigenvalue weighted by Crippen LogP contribution is -2.41. The zero-order chi connectivity index (χ0) is 16.5. The average Bonchev–Trinajstić information content (AvgIpc) is 2.57. The number of morpholine rings is 1. The number of hydrogen-bond acceptors (Lipinski definition) is 3. The van der Waals surface area contributed by atoms with Gasteiger partial charge in [0.2, 0.25) is 0 Å². The average molecular weight is 318 g/mol. The van der Waals surface area contributed by atoms with Gasteiger partial charge in [0.15, 0.2) is 5.96 Å². The number of benzene rings is 1. The van der Waals surface area contributed by atoms with Crippen LogP contribution in [-0.2, 0) is 4.74 Å². The summed E-state index contributed by atoms with van der Waals surface area (Å²) in [6.45, 7) is 9.42. The van der Waals surface area contributed by atoms with Crippen LogP contribution in [0.2, 0.25) is 0 Å². The Bertz CT molecular complexity index is 469. The van der Waals surface area contributed by atoms with Crippen LogP contribution in [0.25, 0.3) is 0 Å². The summed E-state index contributed by atoms with van der Waals surface area (Å²) in [5.74, 6) is 1.21. The van der Waals surface area contributed by atoms with Gasteiger partial charge < -0.3 is 15.8 Å². The Morgan fingerprint density at radius 3 is 2.61 bits per heavy atom. The molecule has 0 bridgehead atoms. The van der Waals surface area contributed by atoms with Crippen LogP contribution >= 0.6 is 0 Å². The summed E-state index contributed by atoms with van der Waals surface area (Å²) in [5, 5.41) is 3.21. The molecule has 5 nitrogen and oxygen atoms in total. The lowest BCUT2D eigenvalue weighted by molar-refractivity contribution is 0.0180. The molecular weight excluding hydrogens is 288 g/mol. The molecule has 1 aromatic carbocycles. The summed E-state index contributed by atoms with van der Waals surface area (Å²) in [5.41, 5.74) is 7.30. The number of ether oxygens (including phenoxy) is 1. The second-order valence-electron chi connectivity index (χ2n) is 6.41. The highest BCUT2D eigenvalue weighted by Crippen LogP contribution is 2.22. The largest absolute Gasteiger partial charge is 0.379 e. The SMILES string of the molecule is CC(C)CCNC(N)=NCC(c1ccccc1)N1CCOCC1. The van der Waals surface area contributed by atoms with Crippen molar-refractivity contribution < 1.29 is 4.74 Å². The predicted molar refractivity (Wildman–Crippen MR) is 95.5 cm³/mol. The van der Waals surface area contributed by atoms with Crippen molar-refractivity contribution in [1.29, 1.82) is 0 Å². The van der Waals surface area contributed by atoms with Crippen molar-refractivity contribution in [2.24, 2.45) is 16.6 Å². The van der Waals surface area contributed by atoms with E-state index in [1.807, 2.05) is 6.07 Å². The summed E-state index contributed by atoms with van der Waals surface area (Å²) in [4.78, 5) is 7.01. The van der Waals surface area contributed by atoms with Gasteiger partial charge in [-0.05, 0) is 17.9 Å². The maximum Gasteiger partial charge on any atom is 0.188 e. The topological polar surface area (TPSA) is 62.9 Å². The van der Waals surface area contributed by atoms with Gasteiger partial charge in [-0.3, -0.25) is 9.89 Å². The van der Waals surface area contributed by atoms with Crippen molar-refractivity contribution in [2.45, 2.75) is 26.3 Å². The van der Waals surface area contributed by atoms with Crippen LogP contribution in [0.3, 0.4) is 0 Å². The molecule has 0 aromatic heterocycles. The van der Waals surface area contributed by atoms with E-state index in [9.17, 15) is 0 Å². The van der Waals surface area contributed by atoms with Gasteiger partial charge >= 0.3 is 0 Å². The van der Waals surface area contributed by atoms with Gasteiger partial charge in [0.05, 0.1) is 25.8 Å². The molecule has 1 fully saturated rings. The number of rotatable bonds is 7. The molecule has 1 aromatic rings. The van der Waals surface area contributed by atoms with E-state index in [0.717, 1.165) is 39.3 Å². The van der Waals surface area contributed by atoms with Crippen LogP contribution in [0.1, 0.15) is 31.9 Å². The summed E-state index contributed by atoms with van der Waals surface area (Å²) >= 11 is 0. The second kappa shape index (κ2) is 9.53. The minimum absolute atomic E-state index is 0.255. The van der Waals surface area contributed by atoms with E-state index < -0.39 is 0 Å². The van der Waals surface area contributed by atoms with E-state index in [4.69, 9.17) is 10.5 Å². The minimum Gasteiger partial charge on any atom is -0.379 e. The van der Waals surface area contributed by atoms with Crippen molar-refractivity contribution in [3.8, 4) is 0 Å². The molecule has 1 aliphatic heterocycles. The van der Waals surface area contributed by atoms with Crippen LogP contribution in [0, 0.1) is 5.92 Å². The smallest absolute Gasteiger partial charge is 0.188 e. The van der Waals surface area contributed by atoms with Gasteiger partial charge in [-0.1, -0.05) is 44.2 Å². The zero-order valence-corrected chi connectivity index (χ0v) is 14.4. The Balaban J connectivity index is 1.97. The molecule has 1 atom stereocenters. The first-order chi connectivity index (χ1) is 11.2. The normalized spacial score (nSPS) is 18.1. The molecule has 1 aliphatic rings. The van der Waals surface area contributed by atoms with Crippen molar-refractivity contribution in [1.82, 2.24) is 10.2 Å². The molecule has 0 saturated carbocycles.